The third-order valence-electron chi connectivity index (χ3n) is 11.0. The van der Waals surface area contributed by atoms with Gasteiger partial charge < -0.3 is 57.7 Å². The SMILES string of the molecule is C.CC[Si](Cl)(Cl)CC.CC[Si]1(CC)OCCN(C(=O)CCCCC(=O)N2CCO[Si](CC)(CC)OCC2)CCO1.O=C(CCCCC(=O)N(CCO)CCO)N(CCO)CCO.[B].[B][B][B]. The molecule has 0 aliphatic carbocycles. The van der Waals surface area contributed by atoms with Crippen LogP contribution in [0.1, 0.15) is 100 Å². The average molecular weight is 1030 g/mol. The first-order valence-electron chi connectivity index (χ1n) is 23.3. The number of nitrogens with zero attached hydrogens (tertiary/aromatic N) is 4. The van der Waals surface area contributed by atoms with E-state index in [-0.39, 0.29) is 105 Å². The maximum Gasteiger partial charge on any atom is 0.337 e. The van der Waals surface area contributed by atoms with Crippen LogP contribution < -0.4 is 0 Å². The lowest BCUT2D eigenvalue weighted by Crippen LogP contribution is -2.49. The summed E-state index contributed by atoms with van der Waals surface area (Å²) in [5, 5.41) is 35.4. The molecular formula is C41H86B4Cl2N4O12Si3. The van der Waals surface area contributed by atoms with Crippen molar-refractivity contribution in [3.63, 3.8) is 0 Å². The fraction of sp³-hybridized carbons (Fsp3) is 0.902. The van der Waals surface area contributed by atoms with E-state index >= 15 is 0 Å². The Kier molecular flexibility index (Phi) is 47.8. The van der Waals surface area contributed by atoms with E-state index in [2.05, 4.69) is 43.2 Å². The molecule has 8 radical (unpaired) electrons. The molecule has 2 heterocycles. The van der Waals surface area contributed by atoms with E-state index in [0.717, 1.165) is 43.3 Å². The van der Waals surface area contributed by atoms with Crippen LogP contribution in [0.2, 0.25) is 36.3 Å². The summed E-state index contributed by atoms with van der Waals surface area (Å²) in [4.78, 5) is 55.4. The monoisotopic (exact) mass is 1020 g/mol. The molecular weight excluding hydrogens is 939 g/mol. The third kappa shape index (κ3) is 32.0. The lowest BCUT2D eigenvalue weighted by Gasteiger charge is -2.34. The van der Waals surface area contributed by atoms with Crippen molar-refractivity contribution in [2.75, 3.05) is 105 Å². The summed E-state index contributed by atoms with van der Waals surface area (Å²) in [6.45, 7) is 15.8. The molecule has 0 unspecified atom stereocenters. The highest BCUT2D eigenvalue weighted by atomic mass is 35.7. The van der Waals surface area contributed by atoms with Crippen LogP contribution in [0.5, 0.6) is 0 Å². The normalized spacial score (nSPS) is 15.6. The van der Waals surface area contributed by atoms with Gasteiger partial charge in [-0.25, -0.2) is 0 Å². The van der Waals surface area contributed by atoms with E-state index in [0.29, 0.717) is 91.1 Å². The highest BCUT2D eigenvalue weighted by molar-refractivity contribution is 7.45. The Morgan fingerprint density at radius 3 is 1.00 bits per heavy atom. The molecule has 0 bridgehead atoms. The van der Waals surface area contributed by atoms with E-state index in [4.69, 9.17) is 60.3 Å². The Hall–Kier alpha value is -0.950. The van der Waals surface area contributed by atoms with Crippen molar-refractivity contribution in [1.29, 1.82) is 0 Å². The molecule has 0 aromatic heterocycles. The number of rotatable bonds is 24. The van der Waals surface area contributed by atoms with Crippen LogP contribution in [-0.2, 0) is 36.9 Å². The molecule has 16 nitrogen and oxygen atoms in total. The van der Waals surface area contributed by atoms with Gasteiger partial charge in [-0.05, 0) is 61.9 Å². The zero-order chi connectivity index (χ0) is 48.9. The summed E-state index contributed by atoms with van der Waals surface area (Å²) in [6.07, 6.45) is 3.94. The fourth-order valence-corrected chi connectivity index (χ4v) is 11.8. The van der Waals surface area contributed by atoms with Crippen LogP contribution in [0, 0.1) is 0 Å². The molecule has 2 aliphatic rings. The Morgan fingerprint density at radius 1 is 0.561 bits per heavy atom. The summed E-state index contributed by atoms with van der Waals surface area (Å²) < 4.78 is 24.3. The molecule has 2 aliphatic heterocycles. The minimum Gasteiger partial charge on any atom is -0.395 e. The number of hydrogen-bond donors (Lipinski definition) is 4. The highest BCUT2D eigenvalue weighted by Gasteiger charge is 2.36. The van der Waals surface area contributed by atoms with Crippen LogP contribution in [0.15, 0.2) is 0 Å². The Balaban J connectivity index is -0.000000490. The van der Waals surface area contributed by atoms with Gasteiger partial charge in [-0.1, -0.05) is 49.0 Å². The Bertz CT molecular complexity index is 1110. The maximum absolute atomic E-state index is 12.6. The van der Waals surface area contributed by atoms with Crippen molar-refractivity contribution in [3.8, 4) is 0 Å². The second-order valence-corrected chi connectivity index (χ2v) is 30.9. The summed E-state index contributed by atoms with van der Waals surface area (Å²) >= 11 is 11.6. The molecule has 0 aromatic rings. The summed E-state index contributed by atoms with van der Waals surface area (Å²) in [6, 6.07) is 5.71. The number of carbonyl (C=O) groups excluding carboxylic acids is 4. The molecule has 0 saturated carbocycles. The Morgan fingerprint density at radius 2 is 0.803 bits per heavy atom. The van der Waals surface area contributed by atoms with Crippen molar-refractivity contribution < 1.29 is 57.3 Å². The molecule has 4 amide bonds. The minimum atomic E-state index is -2.05. The second kappa shape index (κ2) is 44.0. The highest BCUT2D eigenvalue weighted by Crippen LogP contribution is 2.24. The number of halogens is 2. The van der Waals surface area contributed by atoms with E-state index < -0.39 is 23.8 Å². The van der Waals surface area contributed by atoms with Crippen LogP contribution in [-0.4, -0.2) is 224 Å². The number of amides is 4. The zero-order valence-electron chi connectivity index (χ0n) is 40.6. The minimum absolute atomic E-state index is 0. The summed E-state index contributed by atoms with van der Waals surface area (Å²) in [5.41, 5.74) is 0. The molecule has 66 heavy (non-hydrogen) atoms. The predicted molar refractivity (Wildman–Crippen MR) is 277 cm³/mol. The molecule has 25 heteroatoms. The molecule has 2 fully saturated rings. The van der Waals surface area contributed by atoms with Gasteiger partial charge in [-0.3, -0.25) is 19.2 Å². The summed E-state index contributed by atoms with van der Waals surface area (Å²) in [5.74, 6) is -0.0585. The van der Waals surface area contributed by atoms with Gasteiger partial charge in [0.25, 0.3) is 6.69 Å². The van der Waals surface area contributed by atoms with Crippen molar-refractivity contribution in [2.45, 2.75) is 137 Å². The van der Waals surface area contributed by atoms with Crippen molar-refractivity contribution in [3.05, 3.63) is 0 Å². The van der Waals surface area contributed by atoms with Crippen LogP contribution in [0.25, 0.3) is 0 Å². The first-order chi connectivity index (χ1) is 30.6. The second-order valence-electron chi connectivity index (χ2n) is 15.2. The number of aliphatic hydroxyl groups excluding tert-OH is 4. The fourth-order valence-electron chi connectivity index (χ4n) is 6.68. The lowest BCUT2D eigenvalue weighted by atomic mass is 9.40. The maximum atomic E-state index is 12.6. The predicted octanol–water partition coefficient (Wildman–Crippen LogP) is 3.49. The van der Waals surface area contributed by atoms with Crippen molar-refractivity contribution >= 4 is 101 Å². The standard InChI is InChI=1S/C22H44N2O6Si2.C14H28N2O6.C4H10Cl2Si.CH4.B3.B/c1-5-31(6-2)27-17-13-23(14-18-28-31)21(25)11-9-10-12-22(26)24-15-19-29-32(7-3,8-4)30-20-16-24;17-9-5-15(6-10-18)13(21)3-1-2-4-14(22)16(7-11-19)8-12-20;1-3-7(5,6)4-2;;1-3-2;/h5-20H2,1-4H3;17-20H,1-12H2;3-4H2,1-2H3;1H4;;. The Labute approximate surface area is 417 Å². The van der Waals surface area contributed by atoms with Crippen LogP contribution >= 0.6 is 22.2 Å². The van der Waals surface area contributed by atoms with Gasteiger partial charge in [0.2, 0.25) is 23.6 Å². The molecule has 0 aromatic carbocycles. The number of unbranched alkanes of at least 4 members (excludes halogenated alkanes) is 2. The molecule has 2 rings (SSSR count). The topological polar surface area (TPSA) is 199 Å². The van der Waals surface area contributed by atoms with Crippen molar-refractivity contribution in [1.82, 2.24) is 19.6 Å². The number of carbonyl (C=O) groups is 4. The smallest absolute Gasteiger partial charge is 0.337 e. The molecule has 4 N–H and O–H groups in total. The van der Waals surface area contributed by atoms with Gasteiger partial charge in [-0.2, -0.15) is 0 Å². The van der Waals surface area contributed by atoms with Crippen molar-refractivity contribution in [2.24, 2.45) is 0 Å². The van der Waals surface area contributed by atoms with Gasteiger partial charge in [0.1, 0.15) is 0 Å². The van der Waals surface area contributed by atoms with Crippen LogP contribution in [0.3, 0.4) is 0 Å². The third-order valence-corrected chi connectivity index (χ3v) is 23.6. The molecule has 2 saturated heterocycles. The van der Waals surface area contributed by atoms with Gasteiger partial charge in [0.05, 0.1) is 52.9 Å². The largest absolute Gasteiger partial charge is 0.395 e. The summed E-state index contributed by atoms with van der Waals surface area (Å²) in [7, 11) is 5.89. The lowest BCUT2D eigenvalue weighted by molar-refractivity contribution is -0.134. The number of aliphatic hydroxyl groups is 4. The van der Waals surface area contributed by atoms with E-state index in [1.807, 2.05) is 23.6 Å². The molecule has 0 atom stereocenters. The zero-order valence-corrected chi connectivity index (χ0v) is 45.1. The number of hydrogen-bond acceptors (Lipinski definition) is 12. The molecule has 380 valence electrons. The van der Waals surface area contributed by atoms with Gasteiger partial charge in [0, 0.05) is 109 Å². The van der Waals surface area contributed by atoms with Crippen LogP contribution in [0.4, 0.5) is 0 Å². The van der Waals surface area contributed by atoms with E-state index in [9.17, 15) is 19.2 Å². The van der Waals surface area contributed by atoms with Gasteiger partial charge in [-0.15, -0.1) is 22.2 Å². The first-order valence-corrected chi connectivity index (χ1v) is 32.2. The van der Waals surface area contributed by atoms with E-state index in [1.165, 1.54) is 9.80 Å². The first kappa shape index (κ1) is 71.6. The quantitative estimate of drug-likeness (QED) is 0.0625. The average Bonchev–Trinajstić information content (AvgIpc) is 3.27. The molecule has 0 spiro atoms. The van der Waals surface area contributed by atoms with Gasteiger partial charge in [0.15, 0.2) is 0 Å². The van der Waals surface area contributed by atoms with E-state index in [1.54, 1.807) is 0 Å². The van der Waals surface area contributed by atoms with Gasteiger partial charge >= 0.3 is 17.1 Å².